The summed E-state index contributed by atoms with van der Waals surface area (Å²) in [6, 6.07) is 69.3. The zero-order valence-corrected chi connectivity index (χ0v) is 34.5. The minimum atomic E-state index is 0.981. The van der Waals surface area contributed by atoms with E-state index in [1.54, 1.807) is 0 Å². The van der Waals surface area contributed by atoms with Crippen LogP contribution in [0.4, 0.5) is 0 Å². The highest BCUT2D eigenvalue weighted by atomic mass is 14.1. The molecule has 0 spiro atoms. The molecule has 0 fully saturated rings. The Morgan fingerprint density at radius 1 is 0.156 bits per heavy atom. The van der Waals surface area contributed by atoms with Crippen molar-refractivity contribution in [3.8, 4) is 47.4 Å². The van der Waals surface area contributed by atoms with Crippen molar-refractivity contribution in [3.05, 3.63) is 239 Å². The summed E-state index contributed by atoms with van der Waals surface area (Å²) in [5, 5.41) is 18.0. The second kappa shape index (κ2) is 14.3. The van der Waals surface area contributed by atoms with Crippen molar-refractivity contribution in [2.24, 2.45) is 0 Å². The zero-order chi connectivity index (χ0) is 42.1. The summed E-state index contributed by atoms with van der Waals surface area (Å²) in [5.41, 5.74) is 7.85. The summed E-state index contributed by atoms with van der Waals surface area (Å²) in [4.78, 5) is 0. The first kappa shape index (κ1) is 35.7. The van der Waals surface area contributed by atoms with E-state index >= 15 is 0 Å². The standard InChI is InChI=1S/C64H32/c1-9-41-25-26-42-10-3-19-51-34-52-20-5-13-45(60(52)38-59(42)51)29-30-46-14-6-23-55-36-56-24-8-16-48(64(56)40-63(46)55)32-31-47-15-7-22-54-35-53-21-4-12-44(61(53)39-62(47)54)28-27-43-11-2-18-50-33-49(17-1)57(41)37-58(43)50/h1-24,33-40H. The highest BCUT2D eigenvalue weighted by Gasteiger charge is 2.10. The van der Waals surface area contributed by atoms with Crippen LogP contribution in [0, 0.1) is 47.4 Å². The smallest absolute Gasteiger partial charge is 0.0327 e. The molecule has 0 aliphatic heterocycles. The summed E-state index contributed by atoms with van der Waals surface area (Å²) >= 11 is 0. The molecule has 0 amide bonds. The molecule has 0 radical (unpaired) electrons. The maximum absolute atomic E-state index is 3.60. The van der Waals surface area contributed by atoms with Crippen LogP contribution in [0.1, 0.15) is 44.5 Å². The maximum Gasteiger partial charge on any atom is 0.0327 e. The van der Waals surface area contributed by atoms with Gasteiger partial charge in [0.25, 0.3) is 0 Å². The lowest BCUT2D eigenvalue weighted by molar-refractivity contribution is 1.67. The fourth-order valence-corrected chi connectivity index (χ4v) is 9.62. The summed E-state index contributed by atoms with van der Waals surface area (Å²) in [6.45, 7) is 0. The predicted molar refractivity (Wildman–Crippen MR) is 270 cm³/mol. The van der Waals surface area contributed by atoms with Gasteiger partial charge in [-0.05, 0) is 183 Å². The van der Waals surface area contributed by atoms with E-state index in [0.29, 0.717) is 0 Å². The minimum absolute atomic E-state index is 0.981. The molecule has 0 aromatic heterocycles. The summed E-state index contributed by atoms with van der Waals surface area (Å²) in [5.74, 6) is 28.8. The molecule has 0 heteroatoms. The summed E-state index contributed by atoms with van der Waals surface area (Å²) in [6.07, 6.45) is 0. The van der Waals surface area contributed by atoms with Crippen molar-refractivity contribution < 1.29 is 0 Å². The van der Waals surface area contributed by atoms with Gasteiger partial charge < -0.3 is 0 Å². The number of hydrogen-bond acceptors (Lipinski definition) is 0. The van der Waals surface area contributed by atoms with Crippen LogP contribution in [0.2, 0.25) is 0 Å². The molecular weight excluding hydrogens is 769 g/mol. The van der Waals surface area contributed by atoms with Gasteiger partial charge in [0.05, 0.1) is 0 Å². The Bertz CT molecular complexity index is 3510. The van der Waals surface area contributed by atoms with Crippen molar-refractivity contribution in [1.82, 2.24) is 0 Å². The molecule has 1 aliphatic rings. The van der Waals surface area contributed by atoms with Gasteiger partial charge in [0, 0.05) is 44.5 Å². The first-order chi connectivity index (χ1) is 31.7. The van der Waals surface area contributed by atoms with E-state index in [1.807, 2.05) is 0 Å². The van der Waals surface area contributed by atoms with Crippen LogP contribution in [0.5, 0.6) is 0 Å². The molecule has 12 aromatic rings. The number of rotatable bonds is 0. The molecule has 12 aromatic carbocycles. The predicted octanol–water partition coefficient (Wildman–Crippen LogP) is 14.8. The first-order valence-electron chi connectivity index (χ1n) is 21.6. The Morgan fingerprint density at radius 3 is 0.438 bits per heavy atom. The molecule has 13 rings (SSSR count). The van der Waals surface area contributed by atoms with Crippen molar-refractivity contribution in [2.75, 3.05) is 0 Å². The van der Waals surface area contributed by atoms with Crippen molar-refractivity contribution in [1.29, 1.82) is 0 Å². The molecular formula is C64H32. The zero-order valence-electron chi connectivity index (χ0n) is 34.5. The quantitative estimate of drug-likeness (QED) is 0.106. The number of benzene rings is 12. The van der Waals surface area contributed by atoms with Crippen LogP contribution in [-0.2, 0) is 0 Å². The van der Waals surface area contributed by atoms with E-state index in [4.69, 9.17) is 0 Å². The molecule has 0 saturated carbocycles. The van der Waals surface area contributed by atoms with E-state index in [9.17, 15) is 0 Å². The fourth-order valence-electron chi connectivity index (χ4n) is 9.62. The van der Waals surface area contributed by atoms with Crippen LogP contribution < -0.4 is 0 Å². The average Bonchev–Trinajstić information content (AvgIpc) is 3.33. The van der Waals surface area contributed by atoms with Crippen LogP contribution in [0.25, 0.3) is 86.2 Å². The van der Waals surface area contributed by atoms with Crippen molar-refractivity contribution >= 4 is 86.2 Å². The monoisotopic (exact) mass is 800 g/mol. The van der Waals surface area contributed by atoms with Crippen LogP contribution in [0.3, 0.4) is 0 Å². The highest BCUT2D eigenvalue weighted by Crippen LogP contribution is 2.33. The lowest BCUT2D eigenvalue weighted by Crippen LogP contribution is -1.87. The van der Waals surface area contributed by atoms with Gasteiger partial charge >= 0.3 is 0 Å². The maximum atomic E-state index is 3.60. The molecule has 8 bridgehead atoms. The normalized spacial score (nSPS) is 11.8. The van der Waals surface area contributed by atoms with Crippen LogP contribution in [0.15, 0.2) is 194 Å². The third kappa shape index (κ3) is 5.95. The summed E-state index contributed by atoms with van der Waals surface area (Å²) < 4.78 is 0. The van der Waals surface area contributed by atoms with Gasteiger partial charge in [-0.15, -0.1) is 0 Å². The second-order valence-corrected chi connectivity index (χ2v) is 16.6. The van der Waals surface area contributed by atoms with Gasteiger partial charge in [-0.1, -0.05) is 144 Å². The lowest BCUT2D eigenvalue weighted by atomic mass is 9.95. The fraction of sp³-hybridized carbons (Fsp3) is 0. The molecule has 64 heavy (non-hydrogen) atoms. The van der Waals surface area contributed by atoms with Crippen LogP contribution >= 0.6 is 0 Å². The molecule has 0 saturated heterocycles. The molecule has 0 atom stereocenters. The molecule has 1 aliphatic carbocycles. The molecule has 288 valence electrons. The third-order valence-corrected chi connectivity index (χ3v) is 12.8. The lowest BCUT2D eigenvalue weighted by Gasteiger charge is -2.08. The first-order valence-corrected chi connectivity index (χ1v) is 21.6. The van der Waals surface area contributed by atoms with E-state index < -0.39 is 0 Å². The molecule has 0 heterocycles. The second-order valence-electron chi connectivity index (χ2n) is 16.6. The molecule has 0 nitrogen and oxygen atoms in total. The Labute approximate surface area is 370 Å². The number of hydrogen-bond donors (Lipinski definition) is 0. The van der Waals surface area contributed by atoms with E-state index in [-0.39, 0.29) is 0 Å². The Balaban J connectivity index is 1.09. The Kier molecular flexibility index (Phi) is 7.96. The SMILES string of the molecule is C1#Cc2cccc3cc4cccc(c4cc23)C#Cc2cccc3cc4cccc(c4cc23)C#Cc2cccc3cc4cccc(c4cc23)C#Cc2cccc3cc4cccc1c4cc23. The van der Waals surface area contributed by atoms with E-state index in [1.165, 1.54) is 0 Å². The molecule has 0 N–H and O–H groups in total. The van der Waals surface area contributed by atoms with Crippen molar-refractivity contribution in [3.63, 3.8) is 0 Å². The summed E-state index contributed by atoms with van der Waals surface area (Å²) in [7, 11) is 0. The average molecular weight is 801 g/mol. The van der Waals surface area contributed by atoms with Gasteiger partial charge in [0.1, 0.15) is 0 Å². The molecule has 0 unspecified atom stereocenters. The highest BCUT2D eigenvalue weighted by molar-refractivity contribution is 6.07. The van der Waals surface area contributed by atoms with Crippen molar-refractivity contribution in [2.45, 2.75) is 0 Å². The Morgan fingerprint density at radius 2 is 0.297 bits per heavy atom. The third-order valence-electron chi connectivity index (χ3n) is 12.8. The topological polar surface area (TPSA) is 0 Å². The van der Waals surface area contributed by atoms with Crippen LogP contribution in [-0.4, -0.2) is 0 Å². The van der Waals surface area contributed by atoms with Gasteiger partial charge in [0.2, 0.25) is 0 Å². The van der Waals surface area contributed by atoms with Gasteiger partial charge in [-0.3, -0.25) is 0 Å². The van der Waals surface area contributed by atoms with Gasteiger partial charge in [-0.25, -0.2) is 0 Å². The van der Waals surface area contributed by atoms with E-state index in [2.05, 4.69) is 241 Å². The Hall–Kier alpha value is -9.04. The van der Waals surface area contributed by atoms with Gasteiger partial charge in [-0.2, -0.15) is 0 Å². The minimum Gasteiger partial charge on any atom is -0.0610 e. The van der Waals surface area contributed by atoms with E-state index in [0.717, 1.165) is 131 Å². The van der Waals surface area contributed by atoms with Gasteiger partial charge in [0.15, 0.2) is 0 Å². The largest absolute Gasteiger partial charge is 0.0610 e.